The van der Waals surface area contributed by atoms with Gasteiger partial charge in [-0.05, 0) is 86.8 Å². The smallest absolute Gasteiger partial charge is 0.493 e. The van der Waals surface area contributed by atoms with Gasteiger partial charge < -0.3 is 19.4 Å². The molecule has 3 heteroatoms. The summed E-state index contributed by atoms with van der Waals surface area (Å²) in [6, 6.07) is 17.8. The van der Waals surface area contributed by atoms with E-state index in [-0.39, 0.29) is 20.4 Å². The summed E-state index contributed by atoms with van der Waals surface area (Å²) < 4.78 is 1.55. The molecule has 0 radical (unpaired) electrons. The van der Waals surface area contributed by atoms with Gasteiger partial charge in [0.15, 0.2) is 0 Å². The van der Waals surface area contributed by atoms with E-state index in [1.54, 1.807) is 4.70 Å². The number of aryl methyl sites for hydroxylation is 2. The second kappa shape index (κ2) is 73.9. The van der Waals surface area contributed by atoms with E-state index in [0.29, 0.717) is 0 Å². The number of nitrogens with zero attached hydrogens (tertiary/aromatic N) is 2. The summed E-state index contributed by atoms with van der Waals surface area (Å²) in [7, 11) is 0. The molecule has 548 valence electrons. The molecular formula is C91H164N2Pd. The Balaban J connectivity index is 0.00000138. The molecule has 1 heterocycles. The Morgan fingerprint density at radius 3 is 0.660 bits per heavy atom. The number of benzene rings is 2. The third kappa shape index (κ3) is 54.1. The van der Waals surface area contributed by atoms with Crippen LogP contribution < -0.4 is 0 Å². The van der Waals surface area contributed by atoms with Gasteiger partial charge in [0.05, 0.1) is 0 Å². The van der Waals surface area contributed by atoms with Gasteiger partial charge >= 0.3 is 20.4 Å². The third-order valence-electron chi connectivity index (χ3n) is 20.4. The molecule has 0 bridgehead atoms. The topological polar surface area (TPSA) is 25.3 Å². The van der Waals surface area contributed by atoms with Gasteiger partial charge in [-0.3, -0.25) is 0 Å². The van der Waals surface area contributed by atoms with Crippen LogP contribution in [0.2, 0.25) is 0 Å². The van der Waals surface area contributed by atoms with Crippen LogP contribution in [0.4, 0.5) is 0 Å². The van der Waals surface area contributed by atoms with Gasteiger partial charge in [0.25, 0.3) is 0 Å². The summed E-state index contributed by atoms with van der Waals surface area (Å²) in [5, 5.41) is 0. The maximum atomic E-state index is 11.8. The van der Waals surface area contributed by atoms with E-state index in [1.807, 2.05) is 0 Å². The van der Waals surface area contributed by atoms with Crippen LogP contribution in [0.15, 0.2) is 59.7 Å². The van der Waals surface area contributed by atoms with Crippen molar-refractivity contribution < 1.29 is 25.1 Å². The molecule has 2 aromatic rings. The minimum absolute atomic E-state index is 0. The van der Waals surface area contributed by atoms with E-state index in [0.717, 1.165) is 80.3 Å². The van der Waals surface area contributed by atoms with Crippen LogP contribution in [0.5, 0.6) is 0 Å². The molecule has 1 aliphatic rings. The molecule has 0 N–H and O–H groups in total. The fourth-order valence-electron chi connectivity index (χ4n) is 14.2. The fraction of sp³-hybridized carbons (Fsp3) is 0.802. The maximum Gasteiger partial charge on any atom is 2.00 e. The summed E-state index contributed by atoms with van der Waals surface area (Å²) in [6.07, 6.45) is 93.5. The van der Waals surface area contributed by atoms with Crippen molar-refractivity contribution in [3.05, 3.63) is 101 Å². The number of hydrogen-bond acceptors (Lipinski definition) is 0. The summed E-state index contributed by atoms with van der Waals surface area (Å²) in [4.78, 5) is 0. The van der Waals surface area contributed by atoms with Crippen molar-refractivity contribution in [1.82, 2.24) is 0 Å². The summed E-state index contributed by atoms with van der Waals surface area (Å²) in [5.74, 6) is 0. The minimum atomic E-state index is 0. The molecular weight excluding hydrogens is 1230 g/mol. The van der Waals surface area contributed by atoms with Crippen LogP contribution in [0.3, 0.4) is 0 Å². The zero-order valence-corrected chi connectivity index (χ0v) is 66.2. The number of hydrogen-bond donors (Lipinski definition) is 0. The van der Waals surface area contributed by atoms with Gasteiger partial charge in [-0.2, -0.15) is 12.8 Å². The Bertz CT molecular complexity index is 1830. The molecule has 0 aromatic heterocycles. The van der Waals surface area contributed by atoms with E-state index in [1.165, 1.54) is 395 Å². The fourth-order valence-corrected chi connectivity index (χ4v) is 14.2. The van der Waals surface area contributed by atoms with Crippen LogP contribution in [0.25, 0.3) is 16.9 Å². The van der Waals surface area contributed by atoms with Crippen molar-refractivity contribution in [3.8, 4) is 0 Å². The van der Waals surface area contributed by atoms with Crippen LogP contribution >= 0.6 is 0 Å². The van der Waals surface area contributed by atoms with Gasteiger partial charge in [0, 0.05) is 22.3 Å². The largest absolute Gasteiger partial charge is 2.00 e. The first kappa shape index (κ1) is 92.2. The Labute approximate surface area is 605 Å². The number of allylic oxidation sites excluding steroid dienone is 2. The molecule has 3 rings (SSSR count). The third-order valence-corrected chi connectivity index (χ3v) is 20.4. The van der Waals surface area contributed by atoms with E-state index < -0.39 is 0 Å². The normalized spacial score (nSPS) is 12.2. The Morgan fingerprint density at radius 1 is 0.245 bits per heavy atom. The van der Waals surface area contributed by atoms with Crippen molar-refractivity contribution >= 4 is 11.4 Å². The van der Waals surface area contributed by atoms with Crippen LogP contribution in [0.1, 0.15) is 481 Å². The minimum Gasteiger partial charge on any atom is -0.493 e. The van der Waals surface area contributed by atoms with Gasteiger partial charge in [-0.25, -0.2) is 4.70 Å². The Kier molecular flexibility index (Phi) is 72.5. The second-order valence-electron chi connectivity index (χ2n) is 29.5. The molecule has 0 amide bonds. The van der Waals surface area contributed by atoms with Crippen molar-refractivity contribution in [2.75, 3.05) is 0 Å². The van der Waals surface area contributed by atoms with E-state index in [9.17, 15) is 5.53 Å². The van der Waals surface area contributed by atoms with Gasteiger partial charge in [0.1, 0.15) is 0 Å². The maximum absolute atomic E-state index is 11.8. The van der Waals surface area contributed by atoms with E-state index >= 15 is 0 Å². The standard InChI is InChI=1S/C33H46N2.2C29H59.Pd/c1-5-9-13-23-31-30(22-12-8-4)32(28-20-14-18-26(24-28)16-10-6-2)35(34)33(31)29-21-15-19-27(25-29)17-11-7-3;2*1-3-5-7-9-11-13-15-17-19-21-23-25-27-29-28-26-24-22-20-18-16-14-12-10-8-6-4-2;/h14-15,18-21,24-25H,5-13,16-17,22-23H2,1-4H3;2*1,3-29H2,2H3;/q;2*-1;+2. The number of unbranched alkanes of at least 4 members (excludes halogenated alkanes) is 57. The molecule has 0 aliphatic carbocycles. The average molecular weight is 1390 g/mol. The predicted octanol–water partition coefficient (Wildman–Crippen LogP) is 33.1. The zero-order valence-electron chi connectivity index (χ0n) is 64.6. The van der Waals surface area contributed by atoms with E-state index in [2.05, 4.69) is 104 Å². The molecule has 94 heavy (non-hydrogen) atoms. The Morgan fingerprint density at radius 2 is 0.436 bits per heavy atom. The van der Waals surface area contributed by atoms with Crippen LogP contribution in [-0.4, -0.2) is 4.70 Å². The molecule has 1 aliphatic heterocycles. The van der Waals surface area contributed by atoms with Crippen molar-refractivity contribution in [3.63, 3.8) is 0 Å². The molecule has 0 atom stereocenters. The average Bonchev–Trinajstić information content (AvgIpc) is 1.62. The first-order chi connectivity index (χ1) is 46.0. The first-order valence-corrected chi connectivity index (χ1v) is 42.7. The molecule has 0 saturated carbocycles. The van der Waals surface area contributed by atoms with Crippen molar-refractivity contribution in [1.29, 1.82) is 0 Å². The Hall–Kier alpha value is -1.82. The molecule has 0 fully saturated rings. The van der Waals surface area contributed by atoms with Crippen molar-refractivity contribution in [2.45, 2.75) is 472 Å². The summed E-state index contributed by atoms with van der Waals surface area (Å²) in [6.45, 7) is 21.5. The molecule has 2 nitrogen and oxygen atoms in total. The SMILES string of the molecule is CCCCCC1=C(c2cccc(CCCC)c2)[N+](=[N-])C(c2cccc(CCCC)c2)=C1CCCC.[CH2-]CCCCCCCCCCCCCCCCCCCCCCCCCCCC.[CH2-]CCCCCCCCCCCCCCCCCCCCCCCCCCCC.[Pd+2]. The quantitative estimate of drug-likeness (QED) is 0.0273. The van der Waals surface area contributed by atoms with Crippen LogP contribution in [0, 0.1) is 13.8 Å². The monoisotopic (exact) mass is 1390 g/mol. The van der Waals surface area contributed by atoms with E-state index in [4.69, 9.17) is 0 Å². The van der Waals surface area contributed by atoms with Crippen LogP contribution in [-0.2, 0) is 33.3 Å². The summed E-state index contributed by atoms with van der Waals surface area (Å²) in [5.41, 5.74) is 21.6. The van der Waals surface area contributed by atoms with Gasteiger partial charge in [0.2, 0.25) is 11.4 Å². The van der Waals surface area contributed by atoms with Gasteiger partial charge in [-0.15, -0.1) is 0 Å². The van der Waals surface area contributed by atoms with Gasteiger partial charge in [-0.1, -0.05) is 432 Å². The zero-order chi connectivity index (χ0) is 67.2. The molecule has 0 saturated heterocycles. The molecule has 2 aromatic carbocycles. The summed E-state index contributed by atoms with van der Waals surface area (Å²) >= 11 is 0. The first-order valence-electron chi connectivity index (χ1n) is 42.7. The predicted molar refractivity (Wildman–Crippen MR) is 423 cm³/mol. The number of rotatable bonds is 67. The second-order valence-corrected chi connectivity index (χ2v) is 29.5. The molecule has 0 spiro atoms. The molecule has 0 unspecified atom stereocenters. The van der Waals surface area contributed by atoms with Crippen molar-refractivity contribution in [2.24, 2.45) is 0 Å².